The van der Waals surface area contributed by atoms with E-state index in [1.165, 1.54) is 16.2 Å². The van der Waals surface area contributed by atoms with Crippen molar-refractivity contribution < 1.29 is 28.9 Å². The molecule has 4 aromatic rings. The molecule has 1 amide bonds. The van der Waals surface area contributed by atoms with E-state index in [1.807, 2.05) is 26.8 Å². The lowest BCUT2D eigenvalue weighted by Gasteiger charge is -2.24. The van der Waals surface area contributed by atoms with Gasteiger partial charge < -0.3 is 19.3 Å². The summed E-state index contributed by atoms with van der Waals surface area (Å²) in [7, 11) is 0. The molecule has 0 bridgehead atoms. The molecule has 8 nitrogen and oxygen atoms in total. The number of carbonyl (C=O) groups excluding carboxylic acids is 2. The number of hydrogen-bond acceptors (Lipinski definition) is 8. The van der Waals surface area contributed by atoms with Crippen LogP contribution in [0.3, 0.4) is 0 Å². The quantitative estimate of drug-likeness (QED) is 0.130. The highest BCUT2D eigenvalue weighted by Gasteiger charge is 2.48. The first-order chi connectivity index (χ1) is 20.3. The van der Waals surface area contributed by atoms with E-state index in [9.17, 15) is 14.7 Å². The van der Waals surface area contributed by atoms with E-state index in [0.29, 0.717) is 57.9 Å². The molecule has 1 aromatic heterocycles. The van der Waals surface area contributed by atoms with Crippen molar-refractivity contribution in [3.05, 3.63) is 81.9 Å². The second kappa shape index (κ2) is 11.3. The van der Waals surface area contributed by atoms with E-state index in [0.717, 1.165) is 22.4 Å². The Bertz CT molecular complexity index is 1750. The van der Waals surface area contributed by atoms with Gasteiger partial charge in [0.15, 0.2) is 16.6 Å². The Morgan fingerprint density at radius 1 is 1.10 bits per heavy atom. The Hall–Kier alpha value is -4.08. The van der Waals surface area contributed by atoms with Crippen LogP contribution in [0.4, 0.5) is 5.13 Å². The van der Waals surface area contributed by atoms with Crippen LogP contribution in [0.15, 0.2) is 60.2 Å². The monoisotopic (exact) mass is 604 g/mol. The number of carbonyl (C=O) groups is 2. The highest BCUT2D eigenvalue weighted by Crippen LogP contribution is 2.46. The van der Waals surface area contributed by atoms with Crippen LogP contribution in [0.1, 0.15) is 49.9 Å². The fourth-order valence-corrected chi connectivity index (χ4v) is 6.62. The van der Waals surface area contributed by atoms with Gasteiger partial charge in [0.1, 0.15) is 17.6 Å². The van der Waals surface area contributed by atoms with Crippen LogP contribution in [0.2, 0.25) is 5.02 Å². The summed E-state index contributed by atoms with van der Waals surface area (Å²) in [6.07, 6.45) is 1.51. The summed E-state index contributed by atoms with van der Waals surface area (Å²) in [5, 5.41) is 12.5. The predicted octanol–water partition coefficient (Wildman–Crippen LogP) is 7.09. The number of aliphatic hydroxyl groups is 1. The third kappa shape index (κ3) is 4.97. The molecule has 0 unspecified atom stereocenters. The Labute approximate surface area is 252 Å². The molecule has 42 heavy (non-hydrogen) atoms. The molecule has 216 valence electrons. The van der Waals surface area contributed by atoms with Gasteiger partial charge in [-0.2, -0.15) is 0 Å². The highest BCUT2D eigenvalue weighted by molar-refractivity contribution is 7.22. The molecule has 1 saturated heterocycles. The maximum absolute atomic E-state index is 13.7. The second-order valence-electron chi connectivity index (χ2n) is 10.2. The summed E-state index contributed by atoms with van der Waals surface area (Å²) in [6.45, 7) is 6.75. The van der Waals surface area contributed by atoms with Gasteiger partial charge >= 0.3 is 5.91 Å². The van der Waals surface area contributed by atoms with Crippen molar-refractivity contribution in [3.63, 3.8) is 0 Å². The largest absolute Gasteiger partial charge is 0.507 e. The lowest BCUT2D eigenvalue weighted by molar-refractivity contribution is -0.132. The third-order valence-corrected chi connectivity index (χ3v) is 8.46. The first kappa shape index (κ1) is 28.1. The van der Waals surface area contributed by atoms with Crippen LogP contribution in [-0.2, 0) is 16.0 Å². The number of thiazole rings is 1. The Morgan fingerprint density at radius 3 is 2.71 bits per heavy atom. The third-order valence-electron chi connectivity index (χ3n) is 7.20. The minimum absolute atomic E-state index is 0.0148. The van der Waals surface area contributed by atoms with E-state index >= 15 is 0 Å². The molecule has 2 aliphatic rings. The van der Waals surface area contributed by atoms with E-state index in [4.69, 9.17) is 25.8 Å². The summed E-state index contributed by atoms with van der Waals surface area (Å²) >= 11 is 7.46. The molecule has 2 atom stereocenters. The Kier molecular flexibility index (Phi) is 7.55. The van der Waals surface area contributed by atoms with Gasteiger partial charge in [0.25, 0.3) is 5.78 Å². The van der Waals surface area contributed by atoms with Gasteiger partial charge in [-0.05, 0) is 79.9 Å². The maximum atomic E-state index is 13.7. The number of hydrogen-bond donors (Lipinski definition) is 1. The molecule has 1 N–H and O–H groups in total. The van der Waals surface area contributed by atoms with Crippen LogP contribution < -0.4 is 19.1 Å². The summed E-state index contributed by atoms with van der Waals surface area (Å²) in [6, 6.07) is 14.9. The van der Waals surface area contributed by atoms with E-state index in [1.54, 1.807) is 48.5 Å². The first-order valence-electron chi connectivity index (χ1n) is 13.9. The van der Waals surface area contributed by atoms with Crippen LogP contribution in [0.5, 0.6) is 17.2 Å². The molecular formula is C32H29ClN2O6S. The zero-order valence-corrected chi connectivity index (χ0v) is 24.9. The number of anilines is 1. The highest BCUT2D eigenvalue weighted by atomic mass is 35.5. The molecule has 6 rings (SSSR count). The molecule has 0 aliphatic carbocycles. The average Bonchev–Trinajstić information content (AvgIpc) is 3.63. The van der Waals surface area contributed by atoms with Crippen LogP contribution in [0.25, 0.3) is 16.0 Å². The number of fused-ring (bicyclic) bond motifs is 2. The normalized spacial score (nSPS) is 19.3. The number of ether oxygens (including phenoxy) is 3. The fourth-order valence-electron chi connectivity index (χ4n) is 5.35. The number of rotatable bonds is 8. The van der Waals surface area contributed by atoms with Crippen molar-refractivity contribution in [2.75, 3.05) is 18.1 Å². The van der Waals surface area contributed by atoms with Crippen molar-refractivity contribution in [2.45, 2.75) is 45.8 Å². The average molecular weight is 605 g/mol. The molecule has 0 radical (unpaired) electrons. The summed E-state index contributed by atoms with van der Waals surface area (Å²) in [5.74, 6) is -0.0707. The summed E-state index contributed by atoms with van der Waals surface area (Å²) in [4.78, 5) is 33.5. The molecular weight excluding hydrogens is 576 g/mol. The number of Topliss-reactive ketones (excluding diaryl/α,β-unsaturated/α-hetero) is 1. The van der Waals surface area contributed by atoms with Gasteiger partial charge in [-0.15, -0.1) is 0 Å². The minimum Gasteiger partial charge on any atom is -0.507 e. The van der Waals surface area contributed by atoms with Crippen molar-refractivity contribution >= 4 is 55.7 Å². The second-order valence-corrected chi connectivity index (χ2v) is 11.7. The fraction of sp³-hybridized carbons (Fsp3) is 0.281. The maximum Gasteiger partial charge on any atom is 0.301 e. The zero-order valence-electron chi connectivity index (χ0n) is 23.3. The lowest BCUT2D eigenvalue weighted by Crippen LogP contribution is -2.29. The van der Waals surface area contributed by atoms with Crippen molar-refractivity contribution in [1.82, 2.24) is 4.98 Å². The van der Waals surface area contributed by atoms with Crippen LogP contribution in [0, 0.1) is 0 Å². The lowest BCUT2D eigenvalue weighted by atomic mass is 9.94. The van der Waals surface area contributed by atoms with Gasteiger partial charge in [-0.3, -0.25) is 14.5 Å². The summed E-state index contributed by atoms with van der Waals surface area (Å²) < 4.78 is 18.4. The number of amides is 1. The SMILES string of the molecule is CCCOc1ccc([C@H]2C(=C(O)c3ccc4c(c3)C[C@@H](C)O4)C(=O)C(=O)N2c2nc3ccc(Cl)cc3s2)cc1OCC. The molecule has 10 heteroatoms. The van der Waals surface area contributed by atoms with Crippen LogP contribution >= 0.6 is 22.9 Å². The Balaban J connectivity index is 1.53. The van der Waals surface area contributed by atoms with E-state index in [-0.39, 0.29) is 17.4 Å². The van der Waals surface area contributed by atoms with Gasteiger partial charge in [-0.25, -0.2) is 4.98 Å². The van der Waals surface area contributed by atoms with Gasteiger partial charge in [0, 0.05) is 17.0 Å². The number of aromatic nitrogens is 1. The minimum atomic E-state index is -0.969. The Morgan fingerprint density at radius 2 is 1.93 bits per heavy atom. The molecule has 2 aliphatic heterocycles. The van der Waals surface area contributed by atoms with Crippen LogP contribution in [-0.4, -0.2) is 41.1 Å². The van der Waals surface area contributed by atoms with Crippen molar-refractivity contribution in [2.24, 2.45) is 0 Å². The van der Waals surface area contributed by atoms with E-state index in [2.05, 4.69) is 4.98 Å². The summed E-state index contributed by atoms with van der Waals surface area (Å²) in [5.41, 5.74) is 2.54. The standard InChI is InChI=1S/C32H29ClN2O6S/c1-4-12-40-24-11-6-18(15-25(24)39-5-2)28-27(29(36)19-7-10-23-20(14-19)13-17(3)41-23)30(37)31(38)35(28)32-34-22-9-8-21(33)16-26(22)42-32/h6-11,14-17,28,36H,4-5,12-13H2,1-3H3/t17-,28+/m1/s1. The van der Waals surface area contributed by atoms with Crippen molar-refractivity contribution in [3.8, 4) is 17.2 Å². The first-order valence-corrected chi connectivity index (χ1v) is 15.0. The molecule has 0 spiro atoms. The number of nitrogens with zero attached hydrogens (tertiary/aromatic N) is 2. The number of ketones is 1. The smallest absolute Gasteiger partial charge is 0.301 e. The van der Waals surface area contributed by atoms with Gasteiger partial charge in [0.05, 0.1) is 35.0 Å². The topological polar surface area (TPSA) is 98.2 Å². The molecule has 1 fully saturated rings. The molecule has 3 heterocycles. The van der Waals surface area contributed by atoms with Gasteiger partial charge in [-0.1, -0.05) is 35.9 Å². The predicted molar refractivity (Wildman–Crippen MR) is 163 cm³/mol. The number of benzene rings is 3. The van der Waals surface area contributed by atoms with E-state index < -0.39 is 17.7 Å². The number of aliphatic hydroxyl groups excluding tert-OH is 1. The van der Waals surface area contributed by atoms with Crippen molar-refractivity contribution in [1.29, 1.82) is 0 Å². The van der Waals surface area contributed by atoms with Gasteiger partial charge in [0.2, 0.25) is 0 Å². The number of halogens is 1. The molecule has 3 aromatic carbocycles. The zero-order chi connectivity index (χ0) is 29.5. The molecule has 0 saturated carbocycles.